The molecule has 1 saturated carbocycles. The second-order valence-corrected chi connectivity index (χ2v) is 6.51. The Morgan fingerprint density at radius 3 is 2.63 bits per heavy atom. The Balaban J connectivity index is 1.65. The van der Waals surface area contributed by atoms with Gasteiger partial charge in [-0.25, -0.2) is 0 Å². The Morgan fingerprint density at radius 1 is 1.26 bits per heavy atom. The van der Waals surface area contributed by atoms with Gasteiger partial charge in [-0.1, -0.05) is 37.3 Å². The van der Waals surface area contributed by atoms with Crippen molar-refractivity contribution in [3.63, 3.8) is 0 Å². The highest BCUT2D eigenvalue weighted by atomic mass is 15.3. The predicted molar refractivity (Wildman–Crippen MR) is 80.4 cm³/mol. The molecule has 0 amide bonds. The van der Waals surface area contributed by atoms with Crippen LogP contribution in [-0.2, 0) is 6.42 Å². The molecule has 2 aliphatic rings. The third kappa shape index (κ3) is 2.85. The fraction of sp³-hybridized carbons (Fsp3) is 0.647. The summed E-state index contributed by atoms with van der Waals surface area (Å²) in [4.78, 5) is 2.79. The number of benzene rings is 1. The van der Waals surface area contributed by atoms with Crippen LogP contribution >= 0.6 is 0 Å². The molecule has 104 valence electrons. The van der Waals surface area contributed by atoms with E-state index in [0.717, 1.165) is 19.0 Å². The Labute approximate surface area is 117 Å². The molecule has 1 aromatic carbocycles. The van der Waals surface area contributed by atoms with Crippen LogP contribution in [0, 0.1) is 0 Å². The second kappa shape index (κ2) is 5.26. The third-order valence-corrected chi connectivity index (χ3v) is 4.96. The number of nitrogens with one attached hydrogen (secondary N) is 1. The average Bonchev–Trinajstić information content (AvgIpc) is 3.19. The Kier molecular flexibility index (Phi) is 3.64. The molecule has 0 bridgehead atoms. The van der Waals surface area contributed by atoms with Crippen LogP contribution in [0.15, 0.2) is 30.3 Å². The molecule has 1 N–H and O–H groups in total. The van der Waals surface area contributed by atoms with Gasteiger partial charge in [0.05, 0.1) is 0 Å². The zero-order valence-electron chi connectivity index (χ0n) is 12.2. The van der Waals surface area contributed by atoms with Gasteiger partial charge in [-0.3, -0.25) is 4.90 Å². The van der Waals surface area contributed by atoms with Crippen molar-refractivity contribution in [1.82, 2.24) is 10.2 Å². The van der Waals surface area contributed by atoms with Gasteiger partial charge in [-0.15, -0.1) is 0 Å². The summed E-state index contributed by atoms with van der Waals surface area (Å²) in [5.41, 5.74) is 1.97. The van der Waals surface area contributed by atoms with E-state index in [1.54, 1.807) is 0 Å². The normalized spacial score (nSPS) is 30.2. The zero-order valence-corrected chi connectivity index (χ0v) is 12.2. The molecule has 19 heavy (non-hydrogen) atoms. The molecule has 2 heteroatoms. The van der Waals surface area contributed by atoms with Crippen molar-refractivity contribution >= 4 is 0 Å². The molecule has 3 rings (SSSR count). The van der Waals surface area contributed by atoms with Crippen molar-refractivity contribution in [3.8, 4) is 0 Å². The summed E-state index contributed by atoms with van der Waals surface area (Å²) in [6.07, 6.45) is 5.20. The van der Waals surface area contributed by atoms with Crippen LogP contribution in [0.4, 0.5) is 0 Å². The molecule has 1 aliphatic carbocycles. The quantitative estimate of drug-likeness (QED) is 0.893. The molecule has 1 saturated heterocycles. The van der Waals surface area contributed by atoms with E-state index in [0.29, 0.717) is 11.6 Å². The van der Waals surface area contributed by atoms with Gasteiger partial charge in [-0.2, -0.15) is 0 Å². The van der Waals surface area contributed by atoms with E-state index in [4.69, 9.17) is 0 Å². The zero-order chi connectivity index (χ0) is 13.3. The Morgan fingerprint density at radius 2 is 2.00 bits per heavy atom. The van der Waals surface area contributed by atoms with Crippen LogP contribution in [0.1, 0.15) is 38.7 Å². The van der Waals surface area contributed by atoms with Gasteiger partial charge in [-0.05, 0) is 38.2 Å². The average molecular weight is 258 g/mol. The maximum absolute atomic E-state index is 3.76. The first-order chi connectivity index (χ1) is 9.21. The van der Waals surface area contributed by atoms with Crippen LogP contribution in [0.25, 0.3) is 0 Å². The molecule has 0 spiro atoms. The summed E-state index contributed by atoms with van der Waals surface area (Å²) in [6.45, 7) is 7.14. The summed E-state index contributed by atoms with van der Waals surface area (Å²) in [5, 5.41) is 3.76. The first-order valence-electron chi connectivity index (χ1n) is 7.75. The number of hydrogen-bond acceptors (Lipinski definition) is 2. The highest BCUT2D eigenvalue weighted by Gasteiger charge is 2.47. The van der Waals surface area contributed by atoms with Gasteiger partial charge in [0.25, 0.3) is 0 Å². The minimum atomic E-state index is 0.512. The van der Waals surface area contributed by atoms with E-state index >= 15 is 0 Å². The standard InChI is InChI=1S/C17H26N2/c1-3-16-12-18-15(11-14-7-5-4-6-8-14)13-19(16)17(2)9-10-17/h4-8,15-16,18H,3,9-13H2,1-2H3. The number of nitrogens with zero attached hydrogens (tertiary/aromatic N) is 1. The second-order valence-electron chi connectivity index (χ2n) is 6.51. The molecule has 2 fully saturated rings. The molecule has 2 nitrogen and oxygen atoms in total. The summed E-state index contributed by atoms with van der Waals surface area (Å²) in [5.74, 6) is 0. The van der Waals surface area contributed by atoms with E-state index in [1.807, 2.05) is 0 Å². The summed E-state index contributed by atoms with van der Waals surface area (Å²) < 4.78 is 0. The van der Waals surface area contributed by atoms with E-state index < -0.39 is 0 Å². The Bertz CT molecular complexity index is 411. The molecule has 1 aromatic rings. The van der Waals surface area contributed by atoms with Crippen molar-refractivity contribution in [2.24, 2.45) is 0 Å². The number of hydrogen-bond donors (Lipinski definition) is 1. The summed E-state index contributed by atoms with van der Waals surface area (Å²) in [6, 6.07) is 12.2. The number of piperazine rings is 1. The maximum Gasteiger partial charge on any atom is 0.0236 e. The van der Waals surface area contributed by atoms with Gasteiger partial charge < -0.3 is 5.32 Å². The van der Waals surface area contributed by atoms with Gasteiger partial charge in [0, 0.05) is 30.7 Å². The predicted octanol–water partition coefficient (Wildman–Crippen LogP) is 2.83. The molecule has 2 atom stereocenters. The fourth-order valence-corrected chi connectivity index (χ4v) is 3.39. The van der Waals surface area contributed by atoms with Gasteiger partial charge in [0.2, 0.25) is 0 Å². The Hall–Kier alpha value is -0.860. The van der Waals surface area contributed by atoms with Crippen LogP contribution in [0.2, 0.25) is 0 Å². The number of rotatable bonds is 4. The lowest BCUT2D eigenvalue weighted by molar-refractivity contribution is 0.0737. The minimum absolute atomic E-state index is 0.512. The molecule has 2 unspecified atom stereocenters. The van der Waals surface area contributed by atoms with Crippen LogP contribution in [-0.4, -0.2) is 35.6 Å². The van der Waals surface area contributed by atoms with E-state index in [2.05, 4.69) is 54.4 Å². The van der Waals surface area contributed by atoms with Crippen molar-refractivity contribution in [1.29, 1.82) is 0 Å². The summed E-state index contributed by atoms with van der Waals surface area (Å²) in [7, 11) is 0. The maximum atomic E-state index is 3.76. The molecule has 0 radical (unpaired) electrons. The van der Waals surface area contributed by atoms with E-state index in [9.17, 15) is 0 Å². The first kappa shape index (κ1) is 13.1. The van der Waals surface area contributed by atoms with Crippen molar-refractivity contribution < 1.29 is 0 Å². The minimum Gasteiger partial charge on any atom is -0.311 e. The lowest BCUT2D eigenvalue weighted by Crippen LogP contribution is -2.60. The highest BCUT2D eigenvalue weighted by Crippen LogP contribution is 2.43. The van der Waals surface area contributed by atoms with Crippen molar-refractivity contribution in [2.75, 3.05) is 13.1 Å². The van der Waals surface area contributed by atoms with Crippen molar-refractivity contribution in [3.05, 3.63) is 35.9 Å². The van der Waals surface area contributed by atoms with Crippen LogP contribution < -0.4 is 5.32 Å². The molecular formula is C17H26N2. The van der Waals surface area contributed by atoms with Crippen molar-refractivity contribution in [2.45, 2.75) is 57.2 Å². The third-order valence-electron chi connectivity index (χ3n) is 4.96. The molecular weight excluding hydrogens is 232 g/mol. The smallest absolute Gasteiger partial charge is 0.0236 e. The monoisotopic (exact) mass is 258 g/mol. The van der Waals surface area contributed by atoms with E-state index in [1.165, 1.54) is 31.4 Å². The fourth-order valence-electron chi connectivity index (χ4n) is 3.39. The molecule has 0 aromatic heterocycles. The molecule has 1 aliphatic heterocycles. The van der Waals surface area contributed by atoms with Gasteiger partial charge in [0.1, 0.15) is 0 Å². The van der Waals surface area contributed by atoms with E-state index in [-0.39, 0.29) is 0 Å². The lowest BCUT2D eigenvalue weighted by atomic mass is 9.98. The highest BCUT2D eigenvalue weighted by molar-refractivity contribution is 5.17. The van der Waals surface area contributed by atoms with Gasteiger partial charge >= 0.3 is 0 Å². The lowest BCUT2D eigenvalue weighted by Gasteiger charge is -2.44. The first-order valence-corrected chi connectivity index (χ1v) is 7.75. The SMILES string of the molecule is CCC1CNC(Cc2ccccc2)CN1C1(C)CC1. The topological polar surface area (TPSA) is 15.3 Å². The molecule has 1 heterocycles. The van der Waals surface area contributed by atoms with Crippen LogP contribution in [0.3, 0.4) is 0 Å². The largest absolute Gasteiger partial charge is 0.311 e. The van der Waals surface area contributed by atoms with Gasteiger partial charge in [0.15, 0.2) is 0 Å². The van der Waals surface area contributed by atoms with Crippen LogP contribution in [0.5, 0.6) is 0 Å². The summed E-state index contributed by atoms with van der Waals surface area (Å²) >= 11 is 0.